The van der Waals surface area contributed by atoms with Crippen LogP contribution in [0.4, 0.5) is 0 Å². The van der Waals surface area contributed by atoms with Crippen LogP contribution in [0.15, 0.2) is 47.7 Å². The molecule has 8 heteroatoms. The molecule has 8 nitrogen and oxygen atoms in total. The number of rotatable bonds is 8. The topological polar surface area (TPSA) is 70.4 Å². The molecule has 1 atom stereocenters. The van der Waals surface area contributed by atoms with Crippen LogP contribution in [0.1, 0.15) is 42.6 Å². The molecule has 182 valence electrons. The Morgan fingerprint density at radius 2 is 1.88 bits per heavy atom. The first kappa shape index (κ1) is 24.2. The first-order valence-corrected chi connectivity index (χ1v) is 12.1. The molecular formula is C26H35N5O3. The zero-order valence-corrected chi connectivity index (χ0v) is 20.4. The van der Waals surface area contributed by atoms with Crippen LogP contribution in [-0.4, -0.2) is 82.8 Å². The van der Waals surface area contributed by atoms with Gasteiger partial charge in [-0.1, -0.05) is 36.8 Å². The molecule has 1 fully saturated rings. The maximum atomic E-state index is 13.6. The van der Waals surface area contributed by atoms with Crippen LogP contribution in [0.25, 0.3) is 0 Å². The Morgan fingerprint density at radius 1 is 1.15 bits per heavy atom. The van der Waals surface area contributed by atoms with E-state index in [0.717, 1.165) is 36.6 Å². The van der Waals surface area contributed by atoms with Crippen molar-refractivity contribution in [2.45, 2.75) is 32.7 Å². The number of carbonyl (C=O) groups is 2. The largest absolute Gasteiger partial charge is 0.379 e. The minimum absolute atomic E-state index is 0.0145. The lowest BCUT2D eigenvalue weighted by Gasteiger charge is -2.31. The summed E-state index contributed by atoms with van der Waals surface area (Å²) < 4.78 is 7.44. The summed E-state index contributed by atoms with van der Waals surface area (Å²) in [7, 11) is 1.98. The van der Waals surface area contributed by atoms with E-state index >= 15 is 0 Å². The van der Waals surface area contributed by atoms with Crippen molar-refractivity contribution >= 4 is 17.5 Å². The third-order valence-electron chi connectivity index (χ3n) is 6.64. The van der Waals surface area contributed by atoms with E-state index in [-0.39, 0.29) is 24.4 Å². The summed E-state index contributed by atoms with van der Waals surface area (Å²) in [6, 6.07) is 12.1. The summed E-state index contributed by atoms with van der Waals surface area (Å²) >= 11 is 0. The summed E-state index contributed by atoms with van der Waals surface area (Å²) in [5.74, 6) is -0.169. The predicted octanol–water partition coefficient (Wildman–Crippen LogP) is 2.58. The third kappa shape index (κ3) is 5.56. The lowest BCUT2D eigenvalue weighted by Crippen LogP contribution is -2.46. The van der Waals surface area contributed by atoms with Crippen LogP contribution in [-0.2, 0) is 21.4 Å². The Labute approximate surface area is 201 Å². The van der Waals surface area contributed by atoms with Crippen molar-refractivity contribution in [1.29, 1.82) is 0 Å². The van der Waals surface area contributed by atoms with E-state index in [0.29, 0.717) is 32.6 Å². The van der Waals surface area contributed by atoms with Crippen molar-refractivity contribution in [3.8, 4) is 0 Å². The number of amides is 2. The standard InChI is InChI=1S/C26H35N5O3/c1-4-25(32)30(13-12-29-14-16-34-17-15-29)19-26(33)31-24(21-9-7-20(2)8-10-21)18-22(27-31)23-6-5-11-28(23)3/h5-11,24H,4,12-19H2,1-3H3/t24-/m1/s1. The summed E-state index contributed by atoms with van der Waals surface area (Å²) in [6.07, 6.45) is 2.99. The minimum Gasteiger partial charge on any atom is -0.379 e. The number of hydrogen-bond acceptors (Lipinski definition) is 5. The number of morpholine rings is 1. The second-order valence-electron chi connectivity index (χ2n) is 9.04. The number of benzene rings is 1. The predicted molar refractivity (Wildman–Crippen MR) is 131 cm³/mol. The molecule has 34 heavy (non-hydrogen) atoms. The minimum atomic E-state index is -0.184. The molecule has 0 aliphatic carbocycles. The van der Waals surface area contributed by atoms with E-state index in [2.05, 4.69) is 36.1 Å². The van der Waals surface area contributed by atoms with Gasteiger partial charge in [-0.05, 0) is 24.6 Å². The van der Waals surface area contributed by atoms with E-state index in [1.165, 1.54) is 5.56 Å². The number of ether oxygens (including phenoxy) is 1. The molecule has 0 saturated carbocycles. The van der Waals surface area contributed by atoms with Gasteiger partial charge >= 0.3 is 0 Å². The molecule has 2 aliphatic heterocycles. The molecular weight excluding hydrogens is 430 g/mol. The van der Waals surface area contributed by atoms with Gasteiger partial charge in [0, 0.05) is 52.3 Å². The Balaban J connectivity index is 1.53. The lowest BCUT2D eigenvalue weighted by molar-refractivity contribution is -0.141. The Kier molecular flexibility index (Phi) is 7.80. The monoisotopic (exact) mass is 465 g/mol. The van der Waals surface area contributed by atoms with E-state index < -0.39 is 0 Å². The molecule has 4 rings (SSSR count). The normalized spacial score (nSPS) is 18.7. The highest BCUT2D eigenvalue weighted by Gasteiger charge is 2.35. The zero-order valence-electron chi connectivity index (χ0n) is 20.4. The van der Waals surface area contributed by atoms with Gasteiger partial charge in [0.05, 0.1) is 30.7 Å². The molecule has 2 aromatic rings. The Morgan fingerprint density at radius 3 is 2.53 bits per heavy atom. The third-order valence-corrected chi connectivity index (χ3v) is 6.64. The fourth-order valence-corrected chi connectivity index (χ4v) is 4.54. The average molecular weight is 466 g/mol. The summed E-state index contributed by atoms with van der Waals surface area (Å²) in [5, 5.41) is 6.37. The van der Waals surface area contributed by atoms with Crippen LogP contribution in [0.2, 0.25) is 0 Å². The van der Waals surface area contributed by atoms with Gasteiger partial charge in [-0.15, -0.1) is 0 Å². The van der Waals surface area contributed by atoms with Crippen LogP contribution in [0.5, 0.6) is 0 Å². The van der Waals surface area contributed by atoms with Gasteiger partial charge in [-0.2, -0.15) is 5.10 Å². The van der Waals surface area contributed by atoms with Gasteiger partial charge in [0.25, 0.3) is 5.91 Å². The van der Waals surface area contributed by atoms with Crippen molar-refractivity contribution in [2.75, 3.05) is 45.9 Å². The van der Waals surface area contributed by atoms with Gasteiger partial charge in [0.2, 0.25) is 5.91 Å². The number of hydrazone groups is 1. The second-order valence-corrected chi connectivity index (χ2v) is 9.04. The molecule has 1 aromatic heterocycles. The number of aromatic nitrogens is 1. The molecule has 0 radical (unpaired) electrons. The SMILES string of the molecule is CCC(=O)N(CCN1CCOCC1)CC(=O)N1N=C(c2cccn2C)C[C@@H]1c1ccc(C)cc1. The van der Waals surface area contributed by atoms with Gasteiger partial charge in [0.15, 0.2) is 0 Å². The first-order valence-electron chi connectivity index (χ1n) is 12.1. The number of nitrogens with zero attached hydrogens (tertiary/aromatic N) is 5. The van der Waals surface area contributed by atoms with Gasteiger partial charge < -0.3 is 14.2 Å². The maximum Gasteiger partial charge on any atom is 0.262 e. The van der Waals surface area contributed by atoms with Crippen molar-refractivity contribution in [1.82, 2.24) is 19.4 Å². The van der Waals surface area contributed by atoms with Crippen LogP contribution >= 0.6 is 0 Å². The second kappa shape index (κ2) is 11.0. The highest BCUT2D eigenvalue weighted by atomic mass is 16.5. The molecule has 0 N–H and O–H groups in total. The Bertz CT molecular complexity index is 1020. The molecule has 2 aliphatic rings. The van der Waals surface area contributed by atoms with Crippen molar-refractivity contribution in [3.05, 3.63) is 59.4 Å². The molecule has 1 aromatic carbocycles. The quantitative estimate of drug-likeness (QED) is 0.601. The summed E-state index contributed by atoms with van der Waals surface area (Å²) in [6.45, 7) is 8.32. The van der Waals surface area contributed by atoms with E-state index in [1.54, 1.807) is 9.91 Å². The fourth-order valence-electron chi connectivity index (χ4n) is 4.54. The summed E-state index contributed by atoms with van der Waals surface area (Å²) in [5.41, 5.74) is 4.11. The molecule has 0 unspecified atom stereocenters. The molecule has 1 saturated heterocycles. The first-order chi connectivity index (χ1) is 16.5. The van der Waals surface area contributed by atoms with E-state index in [1.807, 2.05) is 36.9 Å². The number of carbonyl (C=O) groups excluding carboxylic acids is 2. The van der Waals surface area contributed by atoms with Gasteiger partial charge in [0.1, 0.15) is 6.54 Å². The van der Waals surface area contributed by atoms with E-state index in [9.17, 15) is 9.59 Å². The zero-order chi connectivity index (χ0) is 24.1. The van der Waals surface area contributed by atoms with Crippen LogP contribution in [0, 0.1) is 6.92 Å². The highest BCUT2D eigenvalue weighted by Crippen LogP contribution is 2.33. The van der Waals surface area contributed by atoms with Crippen molar-refractivity contribution < 1.29 is 14.3 Å². The number of aryl methyl sites for hydroxylation is 2. The summed E-state index contributed by atoms with van der Waals surface area (Å²) in [4.78, 5) is 30.2. The van der Waals surface area contributed by atoms with Crippen molar-refractivity contribution in [3.63, 3.8) is 0 Å². The lowest BCUT2D eigenvalue weighted by atomic mass is 9.99. The molecule has 3 heterocycles. The highest BCUT2D eigenvalue weighted by molar-refractivity contribution is 6.02. The van der Waals surface area contributed by atoms with Gasteiger partial charge in [-0.25, -0.2) is 5.01 Å². The van der Waals surface area contributed by atoms with Crippen LogP contribution in [0.3, 0.4) is 0 Å². The molecule has 0 bridgehead atoms. The van der Waals surface area contributed by atoms with E-state index in [4.69, 9.17) is 9.84 Å². The fraction of sp³-hybridized carbons (Fsp3) is 0.500. The maximum absolute atomic E-state index is 13.6. The van der Waals surface area contributed by atoms with Gasteiger partial charge in [-0.3, -0.25) is 14.5 Å². The smallest absolute Gasteiger partial charge is 0.262 e. The number of hydrogen-bond donors (Lipinski definition) is 0. The Hall–Kier alpha value is -2.97. The average Bonchev–Trinajstić information content (AvgIpc) is 3.48. The van der Waals surface area contributed by atoms with Crippen molar-refractivity contribution in [2.24, 2.45) is 12.1 Å². The molecule has 0 spiro atoms. The van der Waals surface area contributed by atoms with Crippen LogP contribution < -0.4 is 0 Å². The molecule has 2 amide bonds.